The van der Waals surface area contributed by atoms with Gasteiger partial charge in [-0.15, -0.1) is 0 Å². The van der Waals surface area contributed by atoms with Crippen molar-refractivity contribution in [3.63, 3.8) is 0 Å². The van der Waals surface area contributed by atoms with Gasteiger partial charge >= 0.3 is 5.69 Å². The molecule has 1 atom stereocenters. The molecule has 0 aliphatic carbocycles. The zero-order chi connectivity index (χ0) is 18.2. The Bertz CT molecular complexity index is 783. The lowest BCUT2D eigenvalue weighted by molar-refractivity contribution is -0.386. The van der Waals surface area contributed by atoms with E-state index in [4.69, 9.17) is 0 Å². The number of aryl methyl sites for hydroxylation is 1. The van der Waals surface area contributed by atoms with Gasteiger partial charge < -0.3 is 0 Å². The molecular formula is C18H23N3O3. The van der Waals surface area contributed by atoms with E-state index in [1.165, 1.54) is 4.68 Å². The summed E-state index contributed by atoms with van der Waals surface area (Å²) in [5.41, 5.74) is 2.42. The molecule has 0 unspecified atom stereocenters. The minimum atomic E-state index is -0.599. The fourth-order valence-corrected chi connectivity index (χ4v) is 2.78. The van der Waals surface area contributed by atoms with Crippen LogP contribution in [0, 0.1) is 24.0 Å². The van der Waals surface area contributed by atoms with E-state index >= 15 is 0 Å². The monoisotopic (exact) mass is 329 g/mol. The number of carbonyl (C=O) groups is 1. The van der Waals surface area contributed by atoms with Crippen molar-refractivity contribution in [1.29, 1.82) is 0 Å². The summed E-state index contributed by atoms with van der Waals surface area (Å²) in [5, 5.41) is 15.3. The van der Waals surface area contributed by atoms with Gasteiger partial charge in [0.1, 0.15) is 17.4 Å². The van der Waals surface area contributed by atoms with Crippen LogP contribution in [-0.2, 0) is 5.41 Å². The Morgan fingerprint density at radius 1 is 1.21 bits per heavy atom. The molecule has 0 amide bonds. The summed E-state index contributed by atoms with van der Waals surface area (Å²) in [5.74, 6) is -0.115. The number of benzene rings is 1. The number of nitro groups is 1. The molecule has 0 saturated heterocycles. The first kappa shape index (κ1) is 17.8. The zero-order valence-corrected chi connectivity index (χ0v) is 15.0. The van der Waals surface area contributed by atoms with Gasteiger partial charge in [-0.1, -0.05) is 45.0 Å². The van der Waals surface area contributed by atoms with Gasteiger partial charge in [-0.25, -0.2) is 0 Å². The standard InChI is InChI=1S/C18H23N3O3/c1-11-16(21(23)24)12(2)20(19-11)13(3)17(22)14-7-9-15(10-8-14)18(4,5)6/h7-10,13H,1-6H3/t13-/m0/s1. The summed E-state index contributed by atoms with van der Waals surface area (Å²) >= 11 is 0. The van der Waals surface area contributed by atoms with Crippen molar-refractivity contribution >= 4 is 11.5 Å². The van der Waals surface area contributed by atoms with E-state index in [0.717, 1.165) is 5.56 Å². The topological polar surface area (TPSA) is 78.0 Å². The molecule has 0 N–H and O–H groups in total. The van der Waals surface area contributed by atoms with Crippen molar-refractivity contribution in [1.82, 2.24) is 9.78 Å². The smallest absolute Gasteiger partial charge is 0.292 e. The van der Waals surface area contributed by atoms with Crippen LogP contribution in [0.4, 0.5) is 5.69 Å². The average molecular weight is 329 g/mol. The maximum absolute atomic E-state index is 12.7. The molecular weight excluding hydrogens is 306 g/mol. The maximum atomic E-state index is 12.7. The highest BCUT2D eigenvalue weighted by atomic mass is 16.6. The van der Waals surface area contributed by atoms with Crippen LogP contribution in [0.5, 0.6) is 0 Å². The Balaban J connectivity index is 2.34. The first-order valence-corrected chi connectivity index (χ1v) is 7.89. The molecule has 1 heterocycles. The largest absolute Gasteiger partial charge is 0.312 e. The van der Waals surface area contributed by atoms with Crippen molar-refractivity contribution in [2.24, 2.45) is 0 Å². The van der Waals surface area contributed by atoms with Gasteiger partial charge in [0.25, 0.3) is 0 Å². The highest BCUT2D eigenvalue weighted by molar-refractivity contribution is 5.98. The lowest BCUT2D eigenvalue weighted by atomic mass is 9.86. The highest BCUT2D eigenvalue weighted by Gasteiger charge is 2.27. The van der Waals surface area contributed by atoms with E-state index in [0.29, 0.717) is 17.0 Å². The maximum Gasteiger partial charge on any atom is 0.312 e. The molecule has 2 aromatic rings. The van der Waals surface area contributed by atoms with Gasteiger partial charge in [0.2, 0.25) is 0 Å². The van der Waals surface area contributed by atoms with E-state index in [-0.39, 0.29) is 16.9 Å². The molecule has 0 fully saturated rings. The van der Waals surface area contributed by atoms with Crippen LogP contribution in [-0.4, -0.2) is 20.5 Å². The summed E-state index contributed by atoms with van der Waals surface area (Å²) < 4.78 is 1.44. The number of hydrogen-bond acceptors (Lipinski definition) is 4. The van der Waals surface area contributed by atoms with E-state index in [1.54, 1.807) is 32.9 Å². The van der Waals surface area contributed by atoms with Crippen molar-refractivity contribution in [2.45, 2.75) is 53.0 Å². The molecule has 0 aliphatic heterocycles. The third-order valence-corrected chi connectivity index (χ3v) is 4.25. The normalized spacial score (nSPS) is 12.9. The third-order valence-electron chi connectivity index (χ3n) is 4.25. The Morgan fingerprint density at radius 3 is 2.17 bits per heavy atom. The van der Waals surface area contributed by atoms with Crippen LogP contribution in [0.25, 0.3) is 0 Å². The molecule has 1 aromatic heterocycles. The quantitative estimate of drug-likeness (QED) is 0.479. The molecule has 1 aromatic carbocycles. The fraction of sp³-hybridized carbons (Fsp3) is 0.444. The average Bonchev–Trinajstić information content (AvgIpc) is 2.80. The minimum absolute atomic E-state index is 0.0174. The van der Waals surface area contributed by atoms with Gasteiger partial charge in [0.05, 0.1) is 4.92 Å². The molecule has 0 spiro atoms. The molecule has 0 aliphatic rings. The Labute approximate surface area is 141 Å². The number of nitrogens with zero attached hydrogens (tertiary/aromatic N) is 3. The van der Waals surface area contributed by atoms with Crippen molar-refractivity contribution < 1.29 is 9.72 Å². The van der Waals surface area contributed by atoms with Crippen molar-refractivity contribution in [3.05, 3.63) is 56.9 Å². The Morgan fingerprint density at radius 2 is 1.75 bits per heavy atom. The molecule has 128 valence electrons. The minimum Gasteiger partial charge on any atom is -0.292 e. The zero-order valence-electron chi connectivity index (χ0n) is 15.0. The first-order chi connectivity index (χ1) is 11.0. The predicted octanol–water partition coefficient (Wildman–Crippen LogP) is 4.15. The molecule has 0 bridgehead atoms. The van der Waals surface area contributed by atoms with Gasteiger partial charge in [0.15, 0.2) is 5.78 Å². The summed E-state index contributed by atoms with van der Waals surface area (Å²) in [6, 6.07) is 6.91. The summed E-state index contributed by atoms with van der Waals surface area (Å²) in [6.45, 7) is 11.2. The second kappa shape index (κ2) is 6.19. The number of Topliss-reactive ketones (excluding diaryl/α,β-unsaturated/α-hetero) is 1. The Kier molecular flexibility index (Phi) is 4.60. The molecule has 6 nitrogen and oxygen atoms in total. The summed E-state index contributed by atoms with van der Waals surface area (Å²) in [7, 11) is 0. The van der Waals surface area contributed by atoms with E-state index < -0.39 is 11.0 Å². The van der Waals surface area contributed by atoms with Crippen molar-refractivity contribution in [3.8, 4) is 0 Å². The van der Waals surface area contributed by atoms with E-state index in [9.17, 15) is 14.9 Å². The number of carbonyl (C=O) groups excluding carboxylic acids is 1. The van der Waals surface area contributed by atoms with Gasteiger partial charge in [-0.3, -0.25) is 19.6 Å². The second-order valence-electron chi connectivity index (χ2n) is 7.09. The number of aromatic nitrogens is 2. The highest BCUT2D eigenvalue weighted by Crippen LogP contribution is 2.27. The van der Waals surface area contributed by atoms with Gasteiger partial charge in [0, 0.05) is 5.56 Å². The third kappa shape index (κ3) is 3.22. The summed E-state index contributed by atoms with van der Waals surface area (Å²) in [6.07, 6.45) is 0. The van der Waals surface area contributed by atoms with E-state index in [1.807, 2.05) is 12.1 Å². The van der Waals surface area contributed by atoms with Crippen LogP contribution >= 0.6 is 0 Å². The van der Waals surface area contributed by atoms with Crippen LogP contribution in [0.15, 0.2) is 24.3 Å². The Hall–Kier alpha value is -2.50. The van der Waals surface area contributed by atoms with Crippen LogP contribution < -0.4 is 0 Å². The first-order valence-electron chi connectivity index (χ1n) is 7.89. The van der Waals surface area contributed by atoms with Crippen molar-refractivity contribution in [2.75, 3.05) is 0 Å². The number of ketones is 1. The lowest BCUT2D eigenvalue weighted by Crippen LogP contribution is -2.19. The number of rotatable bonds is 4. The van der Waals surface area contributed by atoms with Gasteiger partial charge in [-0.05, 0) is 31.7 Å². The van der Waals surface area contributed by atoms with Crippen LogP contribution in [0.2, 0.25) is 0 Å². The molecule has 0 saturated carbocycles. The van der Waals surface area contributed by atoms with Gasteiger partial charge in [-0.2, -0.15) is 5.10 Å². The number of hydrogen-bond donors (Lipinski definition) is 0. The van der Waals surface area contributed by atoms with Crippen LogP contribution in [0.3, 0.4) is 0 Å². The fourth-order valence-electron chi connectivity index (χ4n) is 2.78. The lowest BCUT2D eigenvalue weighted by Gasteiger charge is -2.19. The van der Waals surface area contributed by atoms with E-state index in [2.05, 4.69) is 25.9 Å². The summed E-state index contributed by atoms with van der Waals surface area (Å²) in [4.78, 5) is 23.4. The molecule has 2 rings (SSSR count). The van der Waals surface area contributed by atoms with Crippen LogP contribution in [0.1, 0.15) is 61.0 Å². The molecule has 0 radical (unpaired) electrons. The SMILES string of the molecule is Cc1nn([C@@H](C)C(=O)c2ccc(C(C)(C)C)cc2)c(C)c1[N+](=O)[O-]. The molecule has 24 heavy (non-hydrogen) atoms. The predicted molar refractivity (Wildman–Crippen MR) is 92.5 cm³/mol. The molecule has 6 heteroatoms. The second-order valence-corrected chi connectivity index (χ2v) is 7.09.